The first-order valence-corrected chi connectivity index (χ1v) is 8.33. The summed E-state index contributed by atoms with van der Waals surface area (Å²) in [6.45, 7) is 0.769. The molecule has 2 atom stereocenters. The number of rotatable bonds is 3. The molecular weight excluding hydrogens is 294 g/mol. The zero-order chi connectivity index (χ0) is 14.9. The fourth-order valence-electron chi connectivity index (χ4n) is 3.02. The molecule has 0 saturated carbocycles. The molecule has 0 spiro atoms. The number of benzene rings is 1. The fraction of sp³-hybridized carbons (Fsp3) is 0.294. The summed E-state index contributed by atoms with van der Waals surface area (Å²) < 4.78 is 5.94. The average Bonchev–Trinajstić information content (AvgIpc) is 3.17. The molecule has 2 aromatic heterocycles. The summed E-state index contributed by atoms with van der Waals surface area (Å²) in [6.07, 6.45) is 1.90. The molecule has 3 aromatic rings. The first kappa shape index (κ1) is 13.7. The van der Waals surface area contributed by atoms with Crippen molar-refractivity contribution in [2.45, 2.75) is 24.9 Å². The standard InChI is InChI=1S/C17H17N3OS/c18-16-14-6-7-22-17(14)20-15(19-16)9-13-8-12(10-21-13)11-4-2-1-3-5-11/h1-7,12-13H,8-10H2,(H2,18,19,20). The minimum atomic E-state index is 0.169. The lowest BCUT2D eigenvalue weighted by molar-refractivity contribution is 0.108. The largest absolute Gasteiger partial charge is 0.383 e. The predicted molar refractivity (Wildman–Crippen MR) is 89.1 cm³/mol. The van der Waals surface area contributed by atoms with Crippen molar-refractivity contribution in [3.63, 3.8) is 0 Å². The van der Waals surface area contributed by atoms with Crippen LogP contribution in [0.25, 0.3) is 10.2 Å². The molecule has 5 heteroatoms. The Labute approximate surface area is 133 Å². The number of aromatic nitrogens is 2. The van der Waals surface area contributed by atoms with Gasteiger partial charge in [-0.2, -0.15) is 0 Å². The summed E-state index contributed by atoms with van der Waals surface area (Å²) in [5, 5.41) is 2.94. The Hall–Kier alpha value is -1.98. The van der Waals surface area contributed by atoms with Crippen LogP contribution in [0.15, 0.2) is 41.8 Å². The molecule has 1 fully saturated rings. The van der Waals surface area contributed by atoms with E-state index < -0.39 is 0 Å². The predicted octanol–water partition coefficient (Wildman–Crippen LogP) is 3.39. The molecule has 3 heterocycles. The van der Waals surface area contributed by atoms with Gasteiger partial charge in [0, 0.05) is 12.3 Å². The van der Waals surface area contributed by atoms with Crippen LogP contribution in [0.3, 0.4) is 0 Å². The van der Waals surface area contributed by atoms with E-state index in [2.05, 4.69) is 34.2 Å². The number of hydrogen-bond donors (Lipinski definition) is 1. The smallest absolute Gasteiger partial charge is 0.135 e. The highest BCUT2D eigenvalue weighted by Crippen LogP contribution is 2.31. The SMILES string of the molecule is Nc1nc(CC2CC(c3ccccc3)CO2)nc2sccc12. The molecule has 2 unspecified atom stereocenters. The lowest BCUT2D eigenvalue weighted by Gasteiger charge is -2.09. The number of nitrogen functional groups attached to an aromatic ring is 1. The fourth-order valence-corrected chi connectivity index (χ4v) is 3.82. The van der Waals surface area contributed by atoms with Crippen molar-refractivity contribution in [3.05, 3.63) is 53.2 Å². The van der Waals surface area contributed by atoms with Gasteiger partial charge in [0.1, 0.15) is 16.5 Å². The van der Waals surface area contributed by atoms with E-state index in [0.717, 1.165) is 35.5 Å². The maximum atomic E-state index is 6.01. The van der Waals surface area contributed by atoms with Crippen LogP contribution in [0.4, 0.5) is 5.82 Å². The Bertz CT molecular complexity index is 787. The third-order valence-electron chi connectivity index (χ3n) is 4.16. The van der Waals surface area contributed by atoms with Gasteiger partial charge in [0.25, 0.3) is 0 Å². The molecule has 0 amide bonds. The van der Waals surface area contributed by atoms with Crippen LogP contribution in [0, 0.1) is 0 Å². The van der Waals surface area contributed by atoms with Crippen molar-refractivity contribution in [1.82, 2.24) is 9.97 Å². The highest BCUT2D eigenvalue weighted by atomic mass is 32.1. The molecule has 1 aromatic carbocycles. The number of nitrogens with zero attached hydrogens (tertiary/aromatic N) is 2. The van der Waals surface area contributed by atoms with E-state index in [1.54, 1.807) is 11.3 Å². The number of ether oxygens (including phenoxy) is 1. The zero-order valence-corrected chi connectivity index (χ0v) is 12.9. The van der Waals surface area contributed by atoms with E-state index in [-0.39, 0.29) is 6.10 Å². The molecule has 2 N–H and O–H groups in total. The van der Waals surface area contributed by atoms with Gasteiger partial charge in [0.2, 0.25) is 0 Å². The molecule has 4 nitrogen and oxygen atoms in total. The summed E-state index contributed by atoms with van der Waals surface area (Å²) in [7, 11) is 0. The van der Waals surface area contributed by atoms with Crippen LogP contribution in [-0.2, 0) is 11.2 Å². The van der Waals surface area contributed by atoms with E-state index in [4.69, 9.17) is 10.5 Å². The Balaban J connectivity index is 1.49. The number of anilines is 1. The van der Waals surface area contributed by atoms with Gasteiger partial charge >= 0.3 is 0 Å². The number of fused-ring (bicyclic) bond motifs is 1. The van der Waals surface area contributed by atoms with Gasteiger partial charge in [0.05, 0.1) is 18.1 Å². The molecule has 1 aliphatic rings. The van der Waals surface area contributed by atoms with Gasteiger partial charge in [0.15, 0.2) is 0 Å². The highest BCUT2D eigenvalue weighted by molar-refractivity contribution is 7.16. The van der Waals surface area contributed by atoms with Gasteiger partial charge in [-0.15, -0.1) is 11.3 Å². The maximum absolute atomic E-state index is 6.01. The molecule has 4 rings (SSSR count). The third-order valence-corrected chi connectivity index (χ3v) is 4.97. The summed E-state index contributed by atoms with van der Waals surface area (Å²) in [6, 6.07) is 12.5. The maximum Gasteiger partial charge on any atom is 0.135 e. The third kappa shape index (κ3) is 2.58. The van der Waals surface area contributed by atoms with Gasteiger partial charge in [-0.3, -0.25) is 0 Å². The van der Waals surface area contributed by atoms with E-state index >= 15 is 0 Å². The molecule has 0 radical (unpaired) electrons. The summed E-state index contributed by atoms with van der Waals surface area (Å²) in [5.74, 6) is 1.82. The van der Waals surface area contributed by atoms with Crippen LogP contribution in [-0.4, -0.2) is 22.7 Å². The average molecular weight is 311 g/mol. The van der Waals surface area contributed by atoms with Crippen molar-refractivity contribution in [2.24, 2.45) is 0 Å². The molecule has 0 aliphatic carbocycles. The van der Waals surface area contributed by atoms with Crippen LogP contribution < -0.4 is 5.73 Å². The molecule has 1 aliphatic heterocycles. The zero-order valence-electron chi connectivity index (χ0n) is 12.1. The van der Waals surface area contributed by atoms with E-state index in [9.17, 15) is 0 Å². The minimum Gasteiger partial charge on any atom is -0.383 e. The highest BCUT2D eigenvalue weighted by Gasteiger charge is 2.27. The normalized spacial score (nSPS) is 21.5. The monoisotopic (exact) mass is 311 g/mol. The summed E-state index contributed by atoms with van der Waals surface area (Å²) >= 11 is 1.60. The van der Waals surface area contributed by atoms with Crippen LogP contribution >= 0.6 is 11.3 Å². The van der Waals surface area contributed by atoms with Crippen LogP contribution in [0.2, 0.25) is 0 Å². The van der Waals surface area contributed by atoms with Gasteiger partial charge in [-0.25, -0.2) is 9.97 Å². The number of hydrogen-bond acceptors (Lipinski definition) is 5. The molecule has 22 heavy (non-hydrogen) atoms. The Morgan fingerprint density at radius 1 is 1.18 bits per heavy atom. The van der Waals surface area contributed by atoms with E-state index in [0.29, 0.717) is 11.7 Å². The minimum absolute atomic E-state index is 0.169. The van der Waals surface area contributed by atoms with Gasteiger partial charge in [-0.05, 0) is 23.4 Å². The lowest BCUT2D eigenvalue weighted by Crippen LogP contribution is -2.12. The first-order valence-electron chi connectivity index (χ1n) is 7.46. The Morgan fingerprint density at radius 3 is 2.91 bits per heavy atom. The number of thiophene rings is 1. The molecule has 112 valence electrons. The second-order valence-electron chi connectivity index (χ2n) is 5.67. The Kier molecular flexibility index (Phi) is 3.52. The van der Waals surface area contributed by atoms with Crippen LogP contribution in [0.1, 0.15) is 23.7 Å². The van der Waals surface area contributed by atoms with Crippen molar-refractivity contribution in [3.8, 4) is 0 Å². The topological polar surface area (TPSA) is 61.0 Å². The Morgan fingerprint density at radius 2 is 2.05 bits per heavy atom. The quantitative estimate of drug-likeness (QED) is 0.805. The van der Waals surface area contributed by atoms with E-state index in [1.165, 1.54) is 5.56 Å². The summed E-state index contributed by atoms with van der Waals surface area (Å²) in [4.78, 5) is 9.99. The molecule has 1 saturated heterocycles. The van der Waals surface area contributed by atoms with E-state index in [1.807, 2.05) is 17.5 Å². The van der Waals surface area contributed by atoms with Crippen LogP contribution in [0.5, 0.6) is 0 Å². The van der Waals surface area contributed by atoms with Crippen molar-refractivity contribution < 1.29 is 4.74 Å². The van der Waals surface area contributed by atoms with Crippen molar-refractivity contribution >= 4 is 27.4 Å². The number of nitrogens with two attached hydrogens (primary N) is 1. The van der Waals surface area contributed by atoms with Crippen molar-refractivity contribution in [2.75, 3.05) is 12.3 Å². The molecule has 0 bridgehead atoms. The lowest BCUT2D eigenvalue weighted by atomic mass is 9.95. The molecular formula is C17H17N3OS. The second-order valence-corrected chi connectivity index (χ2v) is 6.56. The van der Waals surface area contributed by atoms with Gasteiger partial charge in [-0.1, -0.05) is 30.3 Å². The first-order chi connectivity index (χ1) is 10.8. The van der Waals surface area contributed by atoms with Gasteiger partial charge < -0.3 is 10.5 Å². The van der Waals surface area contributed by atoms with Crippen molar-refractivity contribution in [1.29, 1.82) is 0 Å². The second kappa shape index (κ2) is 5.66. The summed E-state index contributed by atoms with van der Waals surface area (Å²) in [5.41, 5.74) is 7.36.